The largest absolute Gasteiger partial charge is 0.357 e. The van der Waals surface area contributed by atoms with E-state index in [1.54, 1.807) is 0 Å². The molecule has 0 bridgehead atoms. The van der Waals surface area contributed by atoms with Crippen molar-refractivity contribution in [1.29, 1.82) is 0 Å². The van der Waals surface area contributed by atoms with E-state index in [0.717, 1.165) is 0 Å². The Kier molecular flexibility index (Phi) is 2.82. The fourth-order valence-corrected chi connectivity index (χ4v) is 1.90. The monoisotopic (exact) mass is 221 g/mol. The number of aromatic amines is 1. The first kappa shape index (κ1) is 9.92. The molecule has 1 aromatic carbocycles. The highest BCUT2D eigenvalue weighted by Gasteiger charge is 2.06. The van der Waals surface area contributed by atoms with Crippen LogP contribution < -0.4 is 11.0 Å². The Morgan fingerprint density at radius 1 is 1.40 bits per heavy atom. The second-order valence-electron chi connectivity index (χ2n) is 3.20. The average Bonchev–Trinajstić information content (AvgIpc) is 2.65. The number of anilines is 1. The molecule has 2 N–H and O–H groups in total. The smallest absolute Gasteiger partial charge is 0.354 e. The van der Waals surface area contributed by atoms with Crippen molar-refractivity contribution >= 4 is 16.7 Å². The van der Waals surface area contributed by atoms with Crippen LogP contribution >= 0.6 is 11.5 Å². The molecule has 1 unspecified atom stereocenters. The topological polar surface area (TPSA) is 57.8 Å². The lowest BCUT2D eigenvalue weighted by Crippen LogP contribution is -2.08. The van der Waals surface area contributed by atoms with Gasteiger partial charge in [-0.05, 0) is 24.0 Å². The highest BCUT2D eigenvalue weighted by molar-refractivity contribution is 7.09. The molecule has 0 aliphatic rings. The Bertz CT molecular complexity index is 477. The zero-order chi connectivity index (χ0) is 10.7. The molecule has 1 atom stereocenters. The molecule has 0 aliphatic carbocycles. The van der Waals surface area contributed by atoms with Crippen LogP contribution in [0.3, 0.4) is 0 Å². The summed E-state index contributed by atoms with van der Waals surface area (Å²) in [5.74, 6) is 0. The molecule has 1 aromatic heterocycles. The number of benzene rings is 1. The summed E-state index contributed by atoms with van der Waals surface area (Å²) in [5, 5.41) is 3.78. The molecule has 0 aliphatic heterocycles. The second-order valence-corrected chi connectivity index (χ2v) is 4.00. The number of H-pyrrole nitrogens is 1. The van der Waals surface area contributed by atoms with E-state index >= 15 is 0 Å². The predicted octanol–water partition coefficient (Wildman–Crippen LogP) is 2.00. The van der Waals surface area contributed by atoms with Gasteiger partial charge in [-0.25, -0.2) is 4.79 Å². The van der Waals surface area contributed by atoms with Gasteiger partial charge in [-0.2, -0.15) is 4.98 Å². The number of aromatic nitrogens is 2. The Balaban J connectivity index is 2.10. The molecule has 2 aromatic rings. The van der Waals surface area contributed by atoms with Crippen molar-refractivity contribution in [2.45, 2.75) is 13.0 Å². The van der Waals surface area contributed by atoms with E-state index in [2.05, 4.69) is 14.7 Å². The van der Waals surface area contributed by atoms with Gasteiger partial charge in [0.15, 0.2) is 0 Å². The maximum atomic E-state index is 10.8. The van der Waals surface area contributed by atoms with Crippen molar-refractivity contribution in [2.24, 2.45) is 0 Å². The number of hydrogen-bond acceptors (Lipinski definition) is 4. The molecule has 0 amide bonds. The first-order chi connectivity index (χ1) is 7.25. The molecule has 0 radical (unpaired) electrons. The standard InChI is InChI=1S/C10H11N3OS/c1-7(8-5-3-2-4-6-8)11-10-12-9(14)13-15-10/h2-7H,1H3,(H2,11,12,13,14). The van der Waals surface area contributed by atoms with Gasteiger partial charge < -0.3 is 5.32 Å². The summed E-state index contributed by atoms with van der Waals surface area (Å²) in [5.41, 5.74) is 0.864. The van der Waals surface area contributed by atoms with Crippen molar-refractivity contribution in [3.05, 3.63) is 46.4 Å². The van der Waals surface area contributed by atoms with E-state index in [1.807, 2.05) is 37.3 Å². The Morgan fingerprint density at radius 2 is 2.13 bits per heavy atom. The van der Waals surface area contributed by atoms with Crippen LogP contribution in [0.4, 0.5) is 5.13 Å². The third-order valence-corrected chi connectivity index (χ3v) is 2.76. The van der Waals surface area contributed by atoms with E-state index in [9.17, 15) is 4.79 Å². The van der Waals surface area contributed by atoms with Crippen LogP contribution in [0, 0.1) is 0 Å². The summed E-state index contributed by atoms with van der Waals surface area (Å²) in [4.78, 5) is 14.6. The van der Waals surface area contributed by atoms with Gasteiger partial charge in [-0.3, -0.25) is 4.37 Å². The van der Waals surface area contributed by atoms with Crippen LogP contribution in [-0.2, 0) is 0 Å². The lowest BCUT2D eigenvalue weighted by molar-refractivity contribution is 0.880. The molecule has 0 saturated carbocycles. The van der Waals surface area contributed by atoms with Crippen molar-refractivity contribution in [1.82, 2.24) is 9.36 Å². The maximum absolute atomic E-state index is 10.8. The SMILES string of the molecule is CC(Nc1nc(=O)[nH]s1)c1ccccc1. The first-order valence-electron chi connectivity index (χ1n) is 4.62. The van der Waals surface area contributed by atoms with Crippen molar-refractivity contribution in [3.63, 3.8) is 0 Å². The molecule has 1 heterocycles. The van der Waals surface area contributed by atoms with Gasteiger partial charge >= 0.3 is 5.69 Å². The number of hydrogen-bond donors (Lipinski definition) is 2. The van der Waals surface area contributed by atoms with Crippen LogP contribution in [0.5, 0.6) is 0 Å². The summed E-state index contributed by atoms with van der Waals surface area (Å²) >= 11 is 1.21. The predicted molar refractivity (Wildman–Crippen MR) is 61.2 cm³/mol. The van der Waals surface area contributed by atoms with E-state index in [1.165, 1.54) is 17.1 Å². The summed E-state index contributed by atoms with van der Waals surface area (Å²) in [6.45, 7) is 2.03. The molecule has 0 saturated heterocycles. The fourth-order valence-electron chi connectivity index (χ4n) is 1.30. The van der Waals surface area contributed by atoms with Gasteiger partial charge in [-0.1, -0.05) is 30.3 Å². The lowest BCUT2D eigenvalue weighted by Gasteiger charge is -2.12. The highest BCUT2D eigenvalue weighted by atomic mass is 32.1. The van der Waals surface area contributed by atoms with Crippen LogP contribution in [0.2, 0.25) is 0 Å². The Morgan fingerprint density at radius 3 is 2.73 bits per heavy atom. The third-order valence-electron chi connectivity index (χ3n) is 2.08. The summed E-state index contributed by atoms with van der Waals surface area (Å²) in [7, 11) is 0. The molecular weight excluding hydrogens is 210 g/mol. The molecule has 78 valence electrons. The second kappa shape index (κ2) is 4.27. The summed E-state index contributed by atoms with van der Waals surface area (Å²) in [6.07, 6.45) is 0. The number of nitrogens with zero attached hydrogens (tertiary/aromatic N) is 1. The van der Waals surface area contributed by atoms with E-state index in [4.69, 9.17) is 0 Å². The first-order valence-corrected chi connectivity index (χ1v) is 5.44. The minimum Gasteiger partial charge on any atom is -0.354 e. The Hall–Kier alpha value is -1.62. The van der Waals surface area contributed by atoms with Gasteiger partial charge in [0.1, 0.15) is 0 Å². The highest BCUT2D eigenvalue weighted by Crippen LogP contribution is 2.17. The quantitative estimate of drug-likeness (QED) is 0.833. The summed E-state index contributed by atoms with van der Waals surface area (Å²) < 4.78 is 2.54. The van der Waals surface area contributed by atoms with Gasteiger partial charge in [-0.15, -0.1) is 0 Å². The molecular formula is C10H11N3OS. The maximum Gasteiger partial charge on any atom is 0.357 e. The van der Waals surface area contributed by atoms with Crippen LogP contribution in [0.15, 0.2) is 35.1 Å². The lowest BCUT2D eigenvalue weighted by atomic mass is 10.1. The van der Waals surface area contributed by atoms with Gasteiger partial charge in [0, 0.05) is 0 Å². The van der Waals surface area contributed by atoms with Crippen LogP contribution in [-0.4, -0.2) is 9.36 Å². The number of rotatable bonds is 3. The zero-order valence-electron chi connectivity index (χ0n) is 8.23. The average molecular weight is 221 g/mol. The van der Waals surface area contributed by atoms with Crippen LogP contribution in [0.25, 0.3) is 0 Å². The molecule has 15 heavy (non-hydrogen) atoms. The Labute approximate surface area is 91.2 Å². The minimum absolute atomic E-state index is 0.144. The summed E-state index contributed by atoms with van der Waals surface area (Å²) in [6, 6.07) is 10.2. The van der Waals surface area contributed by atoms with Gasteiger partial charge in [0.25, 0.3) is 0 Å². The van der Waals surface area contributed by atoms with Gasteiger partial charge in [0.2, 0.25) is 5.13 Å². The van der Waals surface area contributed by atoms with Crippen molar-refractivity contribution < 1.29 is 0 Å². The molecule has 2 rings (SSSR count). The molecule has 0 spiro atoms. The van der Waals surface area contributed by atoms with Crippen molar-refractivity contribution in [2.75, 3.05) is 5.32 Å². The molecule has 5 heteroatoms. The minimum atomic E-state index is -0.303. The molecule has 0 fully saturated rings. The van der Waals surface area contributed by atoms with Crippen molar-refractivity contribution in [3.8, 4) is 0 Å². The van der Waals surface area contributed by atoms with E-state index < -0.39 is 0 Å². The normalized spacial score (nSPS) is 12.3. The van der Waals surface area contributed by atoms with Gasteiger partial charge in [0.05, 0.1) is 6.04 Å². The van der Waals surface area contributed by atoms with E-state index in [0.29, 0.717) is 5.13 Å². The molecule has 4 nitrogen and oxygen atoms in total. The van der Waals surface area contributed by atoms with Crippen LogP contribution in [0.1, 0.15) is 18.5 Å². The number of nitrogens with one attached hydrogen (secondary N) is 2. The zero-order valence-corrected chi connectivity index (χ0v) is 9.04. The van der Waals surface area contributed by atoms with E-state index in [-0.39, 0.29) is 11.7 Å². The fraction of sp³-hybridized carbons (Fsp3) is 0.200. The third kappa shape index (κ3) is 2.44.